The van der Waals surface area contributed by atoms with Crippen molar-refractivity contribution < 1.29 is 46.1 Å². The number of rotatable bonds is 11. The molecule has 1 atom stereocenters. The number of benzene rings is 2. The molecule has 13 heteroatoms. The van der Waals surface area contributed by atoms with Gasteiger partial charge in [-0.2, -0.15) is 13.2 Å². The maximum atomic E-state index is 13.5. The van der Waals surface area contributed by atoms with Crippen LogP contribution in [0.15, 0.2) is 49.6 Å². The summed E-state index contributed by atoms with van der Waals surface area (Å²) in [6.07, 6.45) is -5.80. The van der Waals surface area contributed by atoms with E-state index in [2.05, 4.69) is 23.8 Å². The molecule has 0 saturated heterocycles. The van der Waals surface area contributed by atoms with Gasteiger partial charge in [0, 0.05) is 25.2 Å². The minimum atomic E-state index is -4.85. The first-order chi connectivity index (χ1) is 17.0. The largest absolute Gasteiger partial charge is 0.484 e. The van der Waals surface area contributed by atoms with E-state index in [4.69, 9.17) is 21.1 Å². The Bertz CT molecular complexity index is 1020. The molecule has 3 N–H and O–H groups in total. The zero-order valence-electron chi connectivity index (χ0n) is 18.8. The highest BCUT2D eigenvalue weighted by Crippen LogP contribution is 2.32. The first kappa shape index (κ1) is 30.7. The van der Waals surface area contributed by atoms with Crippen LogP contribution in [-0.4, -0.2) is 49.3 Å². The van der Waals surface area contributed by atoms with Crippen molar-refractivity contribution in [2.45, 2.75) is 18.7 Å². The molecule has 36 heavy (non-hydrogen) atoms. The number of carbonyl (C=O) groups is 2. The topological polar surface area (TPSA) is 96.9 Å². The summed E-state index contributed by atoms with van der Waals surface area (Å²) in [6, 6.07) is 5.59. The summed E-state index contributed by atoms with van der Waals surface area (Å²) in [5.74, 6) is -3.61. The molecule has 7 nitrogen and oxygen atoms in total. The maximum absolute atomic E-state index is 13.5. The Morgan fingerprint density at radius 2 is 1.47 bits per heavy atom. The van der Waals surface area contributed by atoms with E-state index in [0.29, 0.717) is 12.1 Å². The highest BCUT2D eigenvalue weighted by atomic mass is 35.5. The van der Waals surface area contributed by atoms with Crippen molar-refractivity contribution in [1.82, 2.24) is 10.6 Å². The lowest BCUT2D eigenvalue weighted by molar-refractivity contribution is -0.140. The summed E-state index contributed by atoms with van der Waals surface area (Å²) in [6.45, 7) is 4.85. The van der Waals surface area contributed by atoms with Gasteiger partial charge in [0.2, 0.25) is 0 Å². The summed E-state index contributed by atoms with van der Waals surface area (Å²) in [7, 11) is 0. The number of amides is 2. The van der Waals surface area contributed by atoms with E-state index in [9.17, 15) is 36.6 Å². The lowest BCUT2D eigenvalue weighted by atomic mass is 10.2. The summed E-state index contributed by atoms with van der Waals surface area (Å²) in [4.78, 5) is 23.5. The van der Waals surface area contributed by atoms with E-state index in [0.717, 1.165) is 12.1 Å². The van der Waals surface area contributed by atoms with Crippen LogP contribution in [0.5, 0.6) is 11.5 Å². The summed E-state index contributed by atoms with van der Waals surface area (Å²) in [5, 5.41) is 14.6. The first-order valence-electron chi connectivity index (χ1n) is 10.2. The van der Waals surface area contributed by atoms with Gasteiger partial charge in [0.25, 0.3) is 11.8 Å². The molecule has 0 aliphatic carbocycles. The third kappa shape index (κ3) is 10.9. The third-order valence-corrected chi connectivity index (χ3v) is 4.52. The summed E-state index contributed by atoms with van der Waals surface area (Å²) < 4.78 is 74.4. The Hall–Kier alpha value is -3.38. The molecule has 0 spiro atoms. The number of ether oxygens (including phenoxy) is 2. The Labute approximate surface area is 208 Å². The molecular formula is C23H24ClF5N2O5. The summed E-state index contributed by atoms with van der Waals surface area (Å²) >= 11 is 5.54. The average molecular weight is 539 g/mol. The zero-order valence-corrected chi connectivity index (χ0v) is 19.6. The van der Waals surface area contributed by atoms with E-state index in [1.165, 1.54) is 12.1 Å². The van der Waals surface area contributed by atoms with Crippen molar-refractivity contribution in [2.75, 3.05) is 26.3 Å². The first-order valence-corrected chi connectivity index (χ1v) is 10.6. The van der Waals surface area contributed by atoms with Crippen LogP contribution in [0, 0.1) is 11.6 Å². The predicted molar refractivity (Wildman–Crippen MR) is 122 cm³/mol. The van der Waals surface area contributed by atoms with Crippen LogP contribution in [0.3, 0.4) is 0 Å². The Morgan fingerprint density at radius 1 is 0.944 bits per heavy atom. The molecule has 0 bridgehead atoms. The Balaban J connectivity index is 0.00000316. The standard InChI is InChI=1S/C21H20ClF5N2O5.C2H4/c22-16-4-2-14(8-18(16)24)33-10-19(31)28-6-5-12(30)9-29-20(32)11-34-13-1-3-15(17(23)7-13)21(25,26)27;1-2/h1-4,7-8,12,30H,5-6,9-11H2,(H,28,31)(H,29,32);1-2H2. The lowest BCUT2D eigenvalue weighted by Gasteiger charge is -2.14. The Kier molecular flexibility index (Phi) is 12.7. The van der Waals surface area contributed by atoms with Gasteiger partial charge in [-0.3, -0.25) is 9.59 Å². The molecule has 2 amide bonds. The van der Waals surface area contributed by atoms with Crippen molar-refractivity contribution in [1.29, 1.82) is 0 Å². The smallest absolute Gasteiger partial charge is 0.419 e. The molecule has 0 fully saturated rings. The fourth-order valence-corrected chi connectivity index (χ4v) is 2.61. The SMILES string of the molecule is C=C.O=C(COc1ccc(Cl)c(F)c1)NCCC(O)CNC(=O)COc1ccc(C(F)(F)F)c(F)c1. The van der Waals surface area contributed by atoms with E-state index in [1.54, 1.807) is 0 Å². The average Bonchev–Trinajstić information content (AvgIpc) is 2.82. The van der Waals surface area contributed by atoms with Crippen LogP contribution in [0.4, 0.5) is 22.0 Å². The molecule has 2 aromatic carbocycles. The highest BCUT2D eigenvalue weighted by molar-refractivity contribution is 6.30. The van der Waals surface area contributed by atoms with Crippen molar-refractivity contribution in [2.24, 2.45) is 0 Å². The van der Waals surface area contributed by atoms with Crippen LogP contribution in [0.1, 0.15) is 12.0 Å². The maximum Gasteiger partial charge on any atom is 0.419 e. The monoisotopic (exact) mass is 538 g/mol. The quantitative estimate of drug-likeness (QED) is 0.298. The number of hydrogen-bond acceptors (Lipinski definition) is 5. The van der Waals surface area contributed by atoms with Gasteiger partial charge in [0.05, 0.1) is 16.7 Å². The lowest BCUT2D eigenvalue weighted by Crippen LogP contribution is -2.37. The predicted octanol–water partition coefficient (Wildman–Crippen LogP) is 3.88. The van der Waals surface area contributed by atoms with Gasteiger partial charge >= 0.3 is 6.18 Å². The van der Waals surface area contributed by atoms with Gasteiger partial charge in [-0.1, -0.05) is 11.6 Å². The molecule has 2 rings (SSSR count). The number of aliphatic hydroxyl groups is 1. The summed E-state index contributed by atoms with van der Waals surface area (Å²) in [5.41, 5.74) is -1.45. The molecule has 0 radical (unpaired) electrons. The van der Waals surface area contributed by atoms with Crippen LogP contribution in [-0.2, 0) is 15.8 Å². The number of halogens is 6. The second-order valence-electron chi connectivity index (χ2n) is 6.89. The zero-order chi connectivity index (χ0) is 27.3. The fraction of sp³-hybridized carbons (Fsp3) is 0.304. The van der Waals surface area contributed by atoms with E-state index in [-0.39, 0.29) is 36.0 Å². The molecule has 0 heterocycles. The fourth-order valence-electron chi connectivity index (χ4n) is 2.49. The van der Waals surface area contributed by atoms with Gasteiger partial charge in [0.1, 0.15) is 23.1 Å². The van der Waals surface area contributed by atoms with E-state index in [1.807, 2.05) is 0 Å². The van der Waals surface area contributed by atoms with Gasteiger partial charge in [-0.05, 0) is 30.7 Å². The Morgan fingerprint density at radius 3 is 2.00 bits per heavy atom. The van der Waals surface area contributed by atoms with Crippen LogP contribution < -0.4 is 20.1 Å². The number of hydrogen-bond donors (Lipinski definition) is 3. The number of aliphatic hydroxyl groups excluding tert-OH is 1. The van der Waals surface area contributed by atoms with Crippen LogP contribution >= 0.6 is 11.6 Å². The molecule has 198 valence electrons. The van der Waals surface area contributed by atoms with Gasteiger partial charge in [0.15, 0.2) is 13.2 Å². The van der Waals surface area contributed by atoms with Crippen molar-refractivity contribution >= 4 is 23.4 Å². The van der Waals surface area contributed by atoms with Gasteiger partial charge in [-0.25, -0.2) is 8.78 Å². The molecule has 0 aromatic heterocycles. The van der Waals surface area contributed by atoms with Crippen molar-refractivity contribution in [3.05, 3.63) is 71.8 Å². The minimum absolute atomic E-state index is 0.0511. The number of carbonyl (C=O) groups excluding carboxylic acids is 2. The van der Waals surface area contributed by atoms with Gasteiger partial charge < -0.3 is 25.2 Å². The normalized spacial score (nSPS) is 11.5. The number of alkyl halides is 3. The highest BCUT2D eigenvalue weighted by Gasteiger charge is 2.34. The van der Waals surface area contributed by atoms with E-state index < -0.39 is 54.5 Å². The van der Waals surface area contributed by atoms with Crippen molar-refractivity contribution in [3.63, 3.8) is 0 Å². The molecular weight excluding hydrogens is 515 g/mol. The minimum Gasteiger partial charge on any atom is -0.484 e. The van der Waals surface area contributed by atoms with Crippen LogP contribution in [0.2, 0.25) is 5.02 Å². The van der Waals surface area contributed by atoms with Gasteiger partial charge in [-0.15, -0.1) is 13.2 Å². The number of nitrogens with one attached hydrogen (secondary N) is 2. The molecule has 0 aliphatic heterocycles. The molecule has 1 unspecified atom stereocenters. The van der Waals surface area contributed by atoms with E-state index >= 15 is 0 Å². The second-order valence-corrected chi connectivity index (χ2v) is 7.30. The molecule has 0 aliphatic rings. The second kappa shape index (κ2) is 14.9. The molecule has 0 saturated carbocycles. The third-order valence-electron chi connectivity index (χ3n) is 4.21. The van der Waals surface area contributed by atoms with Crippen molar-refractivity contribution in [3.8, 4) is 11.5 Å². The van der Waals surface area contributed by atoms with Crippen LogP contribution in [0.25, 0.3) is 0 Å². The molecule has 2 aromatic rings.